The molecule has 0 radical (unpaired) electrons. The van der Waals surface area contributed by atoms with Crippen molar-refractivity contribution in [1.82, 2.24) is 79.2 Å². The summed E-state index contributed by atoms with van der Waals surface area (Å²) in [4.78, 5) is 171. The molecule has 8 aromatic rings. The van der Waals surface area contributed by atoms with Crippen molar-refractivity contribution in [2.75, 3.05) is 107 Å². The number of piperazine rings is 2. The van der Waals surface area contributed by atoms with Crippen molar-refractivity contribution < 1.29 is 77.4 Å². The molecule has 710 valence electrons. The van der Waals surface area contributed by atoms with Crippen LogP contribution in [0.15, 0.2) is 128 Å². The number of aliphatic hydroxyl groups is 3. The van der Waals surface area contributed by atoms with E-state index in [0.29, 0.717) is 189 Å². The number of rotatable bonds is 14. The van der Waals surface area contributed by atoms with E-state index in [1.54, 1.807) is 75.8 Å². The van der Waals surface area contributed by atoms with Gasteiger partial charge in [-0.15, -0.1) is 0 Å². The molecule has 0 unspecified atom stereocenters. The van der Waals surface area contributed by atoms with E-state index in [-0.39, 0.29) is 67.3 Å². The van der Waals surface area contributed by atoms with E-state index in [4.69, 9.17) is 55.2 Å². The summed E-state index contributed by atoms with van der Waals surface area (Å²) in [6, 6.07) is 7.99. The minimum Gasteiger partial charge on any atom is -0.459 e. The Hall–Kier alpha value is -12.3. The highest BCUT2D eigenvalue weighted by atomic mass is 16.6. The molecular formula is C97H121N21O16. The van der Waals surface area contributed by atoms with E-state index in [0.717, 1.165) is 55.0 Å². The summed E-state index contributed by atoms with van der Waals surface area (Å²) < 4.78 is 32.5. The van der Waals surface area contributed by atoms with Gasteiger partial charge in [0.1, 0.15) is 71.2 Å². The van der Waals surface area contributed by atoms with Gasteiger partial charge in [-0.1, -0.05) is 82.4 Å². The Morgan fingerprint density at radius 2 is 1.43 bits per heavy atom. The zero-order valence-electron chi connectivity index (χ0n) is 77.2. The zero-order valence-corrected chi connectivity index (χ0v) is 77.2. The van der Waals surface area contributed by atoms with E-state index in [2.05, 4.69) is 62.9 Å². The van der Waals surface area contributed by atoms with Gasteiger partial charge < -0.3 is 89.8 Å². The summed E-state index contributed by atoms with van der Waals surface area (Å²) >= 11 is 0. The number of anilines is 4. The number of fused-ring (bicyclic) bond motifs is 7. The highest BCUT2D eigenvalue weighted by molar-refractivity contribution is 6.39. The Bertz CT molecular complexity index is 5770. The number of piperidine rings is 1. The van der Waals surface area contributed by atoms with Crippen molar-refractivity contribution >= 4 is 92.7 Å². The average Bonchev–Trinajstić information content (AvgIpc) is 1.55. The minimum absolute atomic E-state index is 0.00756. The van der Waals surface area contributed by atoms with E-state index in [1.807, 2.05) is 77.0 Å². The minimum atomic E-state index is -2.52. The number of ketones is 3. The summed E-state index contributed by atoms with van der Waals surface area (Å²) in [5.41, 5.74) is 22.9. The first-order chi connectivity index (χ1) is 64.6. The number of hydrogen-bond donors (Lipinski definition) is 6. The second-order valence-electron chi connectivity index (χ2n) is 37.2. The van der Waals surface area contributed by atoms with Gasteiger partial charge in [-0.25, -0.2) is 59.1 Å². The lowest BCUT2D eigenvalue weighted by Gasteiger charge is -2.42. The van der Waals surface area contributed by atoms with Gasteiger partial charge in [-0.2, -0.15) is 5.10 Å². The van der Waals surface area contributed by atoms with Crippen LogP contribution in [-0.4, -0.2) is 288 Å². The first-order valence-corrected chi connectivity index (χ1v) is 46.8. The Balaban J connectivity index is 0.485. The molecule has 14 heterocycles. The van der Waals surface area contributed by atoms with Crippen molar-refractivity contribution in [2.24, 2.45) is 35.3 Å². The van der Waals surface area contributed by atoms with Gasteiger partial charge in [0.05, 0.1) is 60.4 Å². The number of ether oxygens (including phenoxy) is 5. The Kier molecular flexibility index (Phi) is 29.5. The van der Waals surface area contributed by atoms with Gasteiger partial charge in [-0.05, 0) is 136 Å². The normalized spacial score (nSPS) is 27.4. The van der Waals surface area contributed by atoms with Crippen LogP contribution >= 0.6 is 0 Å². The van der Waals surface area contributed by atoms with Crippen molar-refractivity contribution in [2.45, 2.75) is 212 Å². The standard InChI is InChI=1S/C97H121N21O16/c1-56-14-10-9-11-15-57(2)77(130-7)44-70-21-17-61(6)97(129,134-70)86(123)92(126)117-27-13-12-16-74(117)93(127)132-78(45-75(119)58(3)39-60(5)84(121)85(122)83(120)59(4)38-56)71(98)41-62-19-22-76(79(42-62)131-8)133-96(128)116-29-25-72-69(54-116)49-106-95(109-72)114-34-30-111(31-35-114)80-51-101-73(50-102-80)91(125)112-32-36-113(37-33-112)94-104-47-68(48-105-94)90(124)115-28-24-64-40-63(18-20-66(64)53-115)52-118-89-81(87(99)107-55-108-89)82(110-118)67-43-65-23-26-100-88(65)103-46-67/h9-11,14-15,18,20,23,26,39-40,43,46-51,55-56,58-59,61-62,70-71,74,76-79,84-85,121-122,129H,12-13,16-17,19,21-22,24-25,27-38,41-42,44-45,52-54,98H2,1-8H3,(H,100,103)(H2,99,107,108)/b11-9?,14-10+,57-15?,60-39+/t56-,58-,59-,61-,62+,70+,71-,74+,76-,77+,78+,79-,84-,85+,97-/m1/s1. The first kappa shape index (κ1) is 94.9. The number of nitrogens with zero attached hydrogens (tertiary/aromatic N) is 18. The molecule has 8 N–H and O–H groups in total. The molecule has 7 aromatic heterocycles. The van der Waals surface area contributed by atoms with Crippen molar-refractivity contribution in [3.8, 4) is 11.3 Å². The third-order valence-corrected chi connectivity index (χ3v) is 28.0. The number of benzene rings is 1. The number of carbonyl (C=O) groups is 8. The summed E-state index contributed by atoms with van der Waals surface area (Å²) in [6.45, 7) is 16.3. The number of pyridine rings is 1. The van der Waals surface area contributed by atoms with Crippen LogP contribution in [0, 0.1) is 29.6 Å². The number of nitrogens with two attached hydrogens (primary N) is 2. The second kappa shape index (κ2) is 41.7. The maximum absolute atomic E-state index is 14.8. The Morgan fingerprint density at radius 3 is 2.20 bits per heavy atom. The highest BCUT2D eigenvalue weighted by Gasteiger charge is 2.54. The number of Topliss-reactive ketones (excluding diaryl/α,β-unsaturated/α-hetero) is 3. The van der Waals surface area contributed by atoms with Crippen LogP contribution in [0.4, 0.5) is 28.3 Å². The SMILES string of the molecule is CO[C@H]1C[C@@H]2CC[C@@H](C)[C@@](O)(O2)C(=O)C(=O)N2CCCC[C@H]2C(=O)O[C@H]([C@H](N)C[C@@H]2CC[C@@H](OC(=O)N3CCc4nc(N5CCN(c6cnc(C(=O)N7CCN(c8ncc(C(=O)N9CCc%10cc(Cn%11nc(-c%12cnc%13[nH]ccc%13c%12)c%12c(N)ncnc%12%11)ccc%10C9)cn8)CC7)cn6)CC5)ncc4C3)[C@H](OC)C2)CC(=O)[C@H](C)/C=C(\C)[C@@H](O)[C@@H](O)C(=O)[C@H](C)C[C@H](C)/C=C/C=CC=C1C. The predicted molar refractivity (Wildman–Crippen MR) is 495 cm³/mol. The second-order valence-corrected chi connectivity index (χ2v) is 37.2. The monoisotopic (exact) mass is 1840 g/mol. The van der Waals surface area contributed by atoms with Crippen molar-refractivity contribution in [3.63, 3.8) is 0 Å². The molecule has 8 aliphatic rings. The number of nitrogens with one attached hydrogen (secondary N) is 1. The molecule has 4 saturated heterocycles. The lowest BCUT2D eigenvalue weighted by Crippen LogP contribution is -2.61. The van der Waals surface area contributed by atoms with Gasteiger partial charge in [0, 0.05) is 183 Å². The number of cyclic esters (lactones) is 1. The maximum Gasteiger partial charge on any atom is 0.410 e. The molecule has 0 spiro atoms. The van der Waals surface area contributed by atoms with Crippen molar-refractivity contribution in [3.05, 3.63) is 167 Å². The van der Waals surface area contributed by atoms with Crippen molar-refractivity contribution in [1.29, 1.82) is 0 Å². The average molecular weight is 1840 g/mol. The number of amides is 4. The van der Waals surface area contributed by atoms with Gasteiger partial charge in [-0.3, -0.25) is 28.8 Å². The Morgan fingerprint density at radius 1 is 0.679 bits per heavy atom. The number of esters is 1. The van der Waals surface area contributed by atoms with Crippen LogP contribution < -0.4 is 26.2 Å². The van der Waals surface area contributed by atoms with Crippen LogP contribution in [0.25, 0.3) is 33.3 Å². The topological polar surface area (TPSA) is 468 Å². The van der Waals surface area contributed by atoms with Gasteiger partial charge in [0.25, 0.3) is 23.5 Å². The molecule has 4 amide bonds. The van der Waals surface area contributed by atoms with Crippen LogP contribution in [0.5, 0.6) is 0 Å². The van der Waals surface area contributed by atoms with Crippen LogP contribution in [0.3, 0.4) is 0 Å². The number of aromatic nitrogens is 12. The molecule has 1 aromatic carbocycles. The molecule has 5 fully saturated rings. The number of methoxy groups -OCH3 is 2. The first-order valence-electron chi connectivity index (χ1n) is 46.8. The highest BCUT2D eigenvalue weighted by Crippen LogP contribution is 2.40. The number of carbonyl (C=O) groups excluding carboxylic acids is 8. The zero-order chi connectivity index (χ0) is 94.3. The van der Waals surface area contributed by atoms with Gasteiger partial charge >= 0.3 is 12.1 Å². The third kappa shape index (κ3) is 21.1. The molecular weight excluding hydrogens is 1720 g/mol. The predicted octanol–water partition coefficient (Wildman–Crippen LogP) is 7.59. The van der Waals surface area contributed by atoms with E-state index < -0.39 is 120 Å². The lowest BCUT2D eigenvalue weighted by atomic mass is 9.80. The van der Waals surface area contributed by atoms with Crippen LogP contribution in [0.1, 0.15) is 167 Å². The Labute approximate surface area is 777 Å². The maximum atomic E-state index is 14.8. The van der Waals surface area contributed by atoms with E-state index >= 15 is 0 Å². The fraction of sp³-hybridized carbons (Fsp3) is 0.526. The molecule has 1 saturated carbocycles. The summed E-state index contributed by atoms with van der Waals surface area (Å²) in [6.07, 6.45) is 21.0. The molecule has 1 aliphatic carbocycles. The van der Waals surface area contributed by atoms with E-state index in [1.165, 1.54) is 25.5 Å². The quantitative estimate of drug-likeness (QED) is 0.0347. The summed E-state index contributed by atoms with van der Waals surface area (Å²) in [5.74, 6) is -7.74. The molecule has 16 rings (SSSR count). The fourth-order valence-electron chi connectivity index (χ4n) is 19.9. The summed E-state index contributed by atoms with van der Waals surface area (Å²) in [5, 5.41) is 41.4. The number of aliphatic hydroxyl groups excluding tert-OH is 2. The third-order valence-electron chi connectivity index (χ3n) is 28.0. The number of H-pyrrole nitrogens is 1. The van der Waals surface area contributed by atoms with E-state index in [9.17, 15) is 53.7 Å². The molecule has 134 heavy (non-hydrogen) atoms. The molecule has 7 aliphatic heterocycles. The van der Waals surface area contributed by atoms with Gasteiger partial charge in [0.15, 0.2) is 11.4 Å². The molecule has 37 heteroatoms. The van der Waals surface area contributed by atoms with Crippen LogP contribution in [-0.2, 0) is 80.1 Å². The molecule has 2 bridgehead atoms. The molecule has 37 nitrogen and oxygen atoms in total. The number of hydrogen-bond acceptors (Lipinski definition) is 31. The fourth-order valence-corrected chi connectivity index (χ4v) is 19.9. The lowest BCUT2D eigenvalue weighted by molar-refractivity contribution is -0.265. The smallest absolute Gasteiger partial charge is 0.410 e. The van der Waals surface area contributed by atoms with Crippen LogP contribution in [0.2, 0.25) is 0 Å². The number of allylic oxidation sites excluding steroid dienone is 6. The van der Waals surface area contributed by atoms with Gasteiger partial charge in [0.2, 0.25) is 17.7 Å². The number of nitrogen functional groups attached to an aromatic ring is 1. The molecule has 15 atom stereocenters. The largest absolute Gasteiger partial charge is 0.459 e. The summed E-state index contributed by atoms with van der Waals surface area (Å²) in [7, 11) is 3.09. The number of aromatic amines is 1.